The van der Waals surface area contributed by atoms with Gasteiger partial charge in [-0.2, -0.15) is 0 Å². The van der Waals surface area contributed by atoms with Crippen molar-refractivity contribution in [2.24, 2.45) is 4.99 Å². The lowest BCUT2D eigenvalue weighted by Crippen LogP contribution is -2.39. The molecule has 2 rings (SSSR count). The molecule has 0 aromatic rings. The SMILES string of the molecule is CC1C(NC2=NCCC2)CCS1(=O)=O. The zero-order chi connectivity index (χ0) is 10.2. The van der Waals surface area contributed by atoms with Gasteiger partial charge in [-0.1, -0.05) is 0 Å². The van der Waals surface area contributed by atoms with Crippen molar-refractivity contribution in [2.75, 3.05) is 12.3 Å². The lowest BCUT2D eigenvalue weighted by molar-refractivity contribution is 0.571. The monoisotopic (exact) mass is 216 g/mol. The van der Waals surface area contributed by atoms with Crippen LogP contribution in [0.1, 0.15) is 26.2 Å². The maximum absolute atomic E-state index is 11.5. The second-order valence-electron chi connectivity index (χ2n) is 4.04. The highest BCUT2D eigenvalue weighted by atomic mass is 32.2. The fourth-order valence-corrected chi connectivity index (χ4v) is 3.68. The van der Waals surface area contributed by atoms with E-state index in [0.29, 0.717) is 5.75 Å². The second-order valence-corrected chi connectivity index (χ2v) is 6.52. The molecule has 1 fully saturated rings. The number of sulfone groups is 1. The van der Waals surface area contributed by atoms with E-state index in [1.807, 2.05) is 0 Å². The highest BCUT2D eigenvalue weighted by molar-refractivity contribution is 7.92. The van der Waals surface area contributed by atoms with Crippen LogP contribution in [-0.4, -0.2) is 37.8 Å². The Labute approximate surface area is 84.7 Å². The van der Waals surface area contributed by atoms with Gasteiger partial charge < -0.3 is 5.32 Å². The molecule has 2 atom stereocenters. The molecule has 0 aromatic carbocycles. The van der Waals surface area contributed by atoms with Crippen molar-refractivity contribution in [3.63, 3.8) is 0 Å². The summed E-state index contributed by atoms with van der Waals surface area (Å²) in [6.45, 7) is 2.67. The van der Waals surface area contributed by atoms with Crippen molar-refractivity contribution in [3.05, 3.63) is 0 Å². The zero-order valence-corrected chi connectivity index (χ0v) is 9.18. The van der Waals surface area contributed by atoms with E-state index in [9.17, 15) is 8.42 Å². The van der Waals surface area contributed by atoms with Crippen LogP contribution in [0.4, 0.5) is 0 Å². The molecule has 2 heterocycles. The Morgan fingerprint density at radius 2 is 2.29 bits per heavy atom. The number of nitrogens with one attached hydrogen (secondary N) is 1. The summed E-state index contributed by atoms with van der Waals surface area (Å²) in [5.41, 5.74) is 0. The van der Waals surface area contributed by atoms with Gasteiger partial charge in [0.2, 0.25) is 0 Å². The summed E-state index contributed by atoms with van der Waals surface area (Å²) in [7, 11) is -2.83. The van der Waals surface area contributed by atoms with E-state index in [1.54, 1.807) is 6.92 Å². The summed E-state index contributed by atoms with van der Waals surface area (Å²) < 4.78 is 22.9. The van der Waals surface area contributed by atoms with Crippen LogP contribution in [-0.2, 0) is 9.84 Å². The molecule has 14 heavy (non-hydrogen) atoms. The van der Waals surface area contributed by atoms with E-state index >= 15 is 0 Å². The van der Waals surface area contributed by atoms with Crippen molar-refractivity contribution in [3.8, 4) is 0 Å². The molecule has 0 spiro atoms. The number of hydrogen-bond donors (Lipinski definition) is 1. The van der Waals surface area contributed by atoms with Crippen LogP contribution in [0.3, 0.4) is 0 Å². The Bertz CT molecular complexity index is 348. The van der Waals surface area contributed by atoms with Gasteiger partial charge in [-0.15, -0.1) is 0 Å². The summed E-state index contributed by atoms with van der Waals surface area (Å²) in [6.07, 6.45) is 2.79. The summed E-state index contributed by atoms with van der Waals surface area (Å²) in [4.78, 5) is 4.29. The molecule has 2 aliphatic heterocycles. The third-order valence-electron chi connectivity index (χ3n) is 3.07. The summed E-state index contributed by atoms with van der Waals surface area (Å²) in [5, 5.41) is 3.00. The van der Waals surface area contributed by atoms with E-state index in [2.05, 4.69) is 10.3 Å². The standard InChI is InChI=1S/C9H16N2O2S/c1-7-8(4-6-14(7,12)13)11-9-3-2-5-10-9/h7-8H,2-6H2,1H3,(H,10,11). The van der Waals surface area contributed by atoms with Gasteiger partial charge in [0.05, 0.1) is 16.8 Å². The minimum Gasteiger partial charge on any atom is -0.370 e. The van der Waals surface area contributed by atoms with Gasteiger partial charge in [-0.05, 0) is 19.8 Å². The number of amidine groups is 1. The Balaban J connectivity index is 2.00. The molecular formula is C9H16N2O2S. The Morgan fingerprint density at radius 3 is 2.79 bits per heavy atom. The van der Waals surface area contributed by atoms with Gasteiger partial charge in [0.25, 0.3) is 0 Å². The topological polar surface area (TPSA) is 58.5 Å². The van der Waals surface area contributed by atoms with Crippen LogP contribution in [0.15, 0.2) is 4.99 Å². The maximum atomic E-state index is 11.5. The van der Waals surface area contributed by atoms with Crippen LogP contribution in [0.2, 0.25) is 0 Å². The van der Waals surface area contributed by atoms with Gasteiger partial charge in [0, 0.05) is 19.0 Å². The molecule has 4 nitrogen and oxygen atoms in total. The van der Waals surface area contributed by atoms with Crippen LogP contribution in [0.25, 0.3) is 0 Å². The van der Waals surface area contributed by atoms with E-state index in [0.717, 1.165) is 31.6 Å². The van der Waals surface area contributed by atoms with E-state index in [-0.39, 0.29) is 11.3 Å². The molecule has 0 saturated carbocycles. The molecule has 0 bridgehead atoms. The van der Waals surface area contributed by atoms with Gasteiger partial charge >= 0.3 is 0 Å². The quantitative estimate of drug-likeness (QED) is 0.688. The first-order valence-corrected chi connectivity index (χ1v) is 6.82. The Kier molecular flexibility index (Phi) is 2.51. The largest absolute Gasteiger partial charge is 0.370 e. The van der Waals surface area contributed by atoms with Crippen molar-refractivity contribution in [1.82, 2.24) is 5.32 Å². The first kappa shape index (κ1) is 9.96. The molecular weight excluding hydrogens is 200 g/mol. The van der Waals surface area contributed by atoms with Crippen LogP contribution in [0, 0.1) is 0 Å². The Hall–Kier alpha value is -0.580. The van der Waals surface area contributed by atoms with E-state index < -0.39 is 9.84 Å². The van der Waals surface area contributed by atoms with Gasteiger partial charge in [0.1, 0.15) is 0 Å². The normalized spacial score (nSPS) is 35.6. The van der Waals surface area contributed by atoms with Crippen LogP contribution < -0.4 is 5.32 Å². The fourth-order valence-electron chi connectivity index (χ4n) is 2.02. The van der Waals surface area contributed by atoms with E-state index in [1.165, 1.54) is 0 Å². The number of rotatable bonds is 1. The number of aliphatic imine (C=N–C) groups is 1. The third-order valence-corrected chi connectivity index (χ3v) is 5.34. The first-order valence-electron chi connectivity index (χ1n) is 5.11. The van der Waals surface area contributed by atoms with Crippen molar-refractivity contribution in [1.29, 1.82) is 0 Å². The number of nitrogens with zero attached hydrogens (tertiary/aromatic N) is 1. The highest BCUT2D eigenvalue weighted by Crippen LogP contribution is 2.20. The summed E-state index contributed by atoms with van der Waals surface area (Å²) >= 11 is 0. The fraction of sp³-hybridized carbons (Fsp3) is 0.889. The van der Waals surface area contributed by atoms with Crippen LogP contribution in [0.5, 0.6) is 0 Å². The zero-order valence-electron chi connectivity index (χ0n) is 8.36. The molecule has 0 radical (unpaired) electrons. The average molecular weight is 216 g/mol. The lowest BCUT2D eigenvalue weighted by atomic mass is 10.1. The molecule has 0 aliphatic carbocycles. The molecule has 2 aliphatic rings. The molecule has 0 amide bonds. The highest BCUT2D eigenvalue weighted by Gasteiger charge is 2.37. The maximum Gasteiger partial charge on any atom is 0.154 e. The molecule has 5 heteroatoms. The minimum atomic E-state index is -2.83. The summed E-state index contributed by atoms with van der Waals surface area (Å²) in [5.74, 6) is 1.32. The molecule has 1 saturated heterocycles. The summed E-state index contributed by atoms with van der Waals surface area (Å²) in [6, 6.07) is 0.0804. The third kappa shape index (κ3) is 1.78. The molecule has 2 unspecified atom stereocenters. The van der Waals surface area contributed by atoms with Crippen LogP contribution >= 0.6 is 0 Å². The smallest absolute Gasteiger partial charge is 0.154 e. The second kappa shape index (κ2) is 3.53. The van der Waals surface area contributed by atoms with Gasteiger partial charge in [-0.3, -0.25) is 4.99 Å². The van der Waals surface area contributed by atoms with Crippen molar-refractivity contribution < 1.29 is 8.42 Å². The van der Waals surface area contributed by atoms with Crippen molar-refractivity contribution >= 4 is 15.7 Å². The van der Waals surface area contributed by atoms with Gasteiger partial charge in [0.15, 0.2) is 9.84 Å². The average Bonchev–Trinajstić information content (AvgIpc) is 2.70. The predicted molar refractivity (Wildman–Crippen MR) is 56.3 cm³/mol. The number of hydrogen-bond acceptors (Lipinski definition) is 4. The Morgan fingerprint density at radius 1 is 1.50 bits per heavy atom. The van der Waals surface area contributed by atoms with Crippen molar-refractivity contribution in [2.45, 2.75) is 37.5 Å². The van der Waals surface area contributed by atoms with Gasteiger partial charge in [-0.25, -0.2) is 8.42 Å². The predicted octanol–water partition coefficient (Wildman–Crippen LogP) is 0.344. The molecule has 0 aromatic heterocycles. The van der Waals surface area contributed by atoms with E-state index in [4.69, 9.17) is 0 Å². The minimum absolute atomic E-state index is 0.0804. The first-order chi connectivity index (χ1) is 6.59. The molecule has 1 N–H and O–H groups in total. The lowest BCUT2D eigenvalue weighted by Gasteiger charge is -2.16. The molecule has 80 valence electrons.